The number of nitrogens with one attached hydrogen (secondary N) is 1. The normalized spacial score (nSPS) is 14.2. The quantitative estimate of drug-likeness (QED) is 0.705. The second-order valence-electron chi connectivity index (χ2n) is 7.03. The molecule has 0 saturated carbocycles. The van der Waals surface area contributed by atoms with Crippen molar-refractivity contribution in [3.63, 3.8) is 0 Å². The number of anilines is 2. The number of hydrogen-bond acceptors (Lipinski definition) is 3. The first kappa shape index (κ1) is 18.3. The van der Waals surface area contributed by atoms with E-state index in [0.29, 0.717) is 16.8 Å². The predicted molar refractivity (Wildman–Crippen MR) is 111 cm³/mol. The third-order valence-corrected chi connectivity index (χ3v) is 6.72. The number of hydrogen-bond donors (Lipinski definition) is 1. The van der Waals surface area contributed by atoms with Crippen LogP contribution in [-0.2, 0) is 10.0 Å². The van der Waals surface area contributed by atoms with E-state index < -0.39 is 10.0 Å². The minimum atomic E-state index is -3.59. The Bertz CT molecular complexity index is 1200. The van der Waals surface area contributed by atoms with Crippen LogP contribution in [0.1, 0.15) is 21.5 Å². The standard InChI is InChI=1S/C22H20N2O3S/c1-14-10-15(2)12-17(11-14)23-22(25)16-8-9-20-19(13-16)18-6-4-5-7-21(18)28(26,27)24(20)3/h4-13H,1-3H3,(H,23,25). The number of amides is 1. The molecule has 0 radical (unpaired) electrons. The molecule has 0 bridgehead atoms. The molecule has 6 heteroatoms. The molecular weight excluding hydrogens is 372 g/mol. The third-order valence-electron chi connectivity index (χ3n) is 4.89. The van der Waals surface area contributed by atoms with Crippen molar-refractivity contribution in [2.24, 2.45) is 0 Å². The Morgan fingerprint density at radius 3 is 2.29 bits per heavy atom. The maximum Gasteiger partial charge on any atom is 0.264 e. The minimum Gasteiger partial charge on any atom is -0.322 e. The van der Waals surface area contributed by atoms with Crippen molar-refractivity contribution in [2.75, 3.05) is 16.7 Å². The van der Waals surface area contributed by atoms with Gasteiger partial charge in [0.05, 0.1) is 10.6 Å². The number of nitrogens with zero attached hydrogens (tertiary/aromatic N) is 1. The van der Waals surface area contributed by atoms with Gasteiger partial charge in [-0.15, -0.1) is 0 Å². The molecule has 0 unspecified atom stereocenters. The van der Waals surface area contributed by atoms with Gasteiger partial charge < -0.3 is 5.32 Å². The fourth-order valence-corrected chi connectivity index (χ4v) is 5.03. The van der Waals surface area contributed by atoms with Crippen LogP contribution in [0.2, 0.25) is 0 Å². The molecular formula is C22H20N2O3S. The third kappa shape index (κ3) is 2.96. The molecule has 0 aromatic heterocycles. The molecule has 1 aliphatic rings. The van der Waals surface area contributed by atoms with Crippen molar-refractivity contribution < 1.29 is 13.2 Å². The van der Waals surface area contributed by atoms with E-state index in [9.17, 15) is 13.2 Å². The van der Waals surface area contributed by atoms with Crippen LogP contribution in [-0.4, -0.2) is 21.4 Å². The lowest BCUT2D eigenvalue weighted by Crippen LogP contribution is -2.30. The fraction of sp³-hybridized carbons (Fsp3) is 0.136. The van der Waals surface area contributed by atoms with Crippen LogP contribution in [0.15, 0.2) is 65.6 Å². The van der Waals surface area contributed by atoms with E-state index in [1.807, 2.05) is 32.0 Å². The van der Waals surface area contributed by atoms with E-state index in [4.69, 9.17) is 0 Å². The molecule has 4 rings (SSSR count). The van der Waals surface area contributed by atoms with Crippen molar-refractivity contribution in [2.45, 2.75) is 18.7 Å². The van der Waals surface area contributed by atoms with E-state index in [2.05, 4.69) is 5.32 Å². The number of fused-ring (bicyclic) bond motifs is 3. The van der Waals surface area contributed by atoms with Crippen LogP contribution in [0.3, 0.4) is 0 Å². The molecule has 3 aromatic carbocycles. The van der Waals surface area contributed by atoms with Gasteiger partial charge >= 0.3 is 0 Å². The van der Waals surface area contributed by atoms with Gasteiger partial charge in [0.25, 0.3) is 15.9 Å². The van der Waals surface area contributed by atoms with Gasteiger partial charge in [-0.3, -0.25) is 9.10 Å². The Morgan fingerprint density at radius 1 is 0.893 bits per heavy atom. The molecule has 0 fully saturated rings. The van der Waals surface area contributed by atoms with Gasteiger partial charge in [0.15, 0.2) is 0 Å². The lowest BCUT2D eigenvalue weighted by molar-refractivity contribution is 0.102. The summed E-state index contributed by atoms with van der Waals surface area (Å²) >= 11 is 0. The highest BCUT2D eigenvalue weighted by Gasteiger charge is 2.32. The summed E-state index contributed by atoms with van der Waals surface area (Å²) in [4.78, 5) is 13.0. The summed E-state index contributed by atoms with van der Waals surface area (Å²) in [5.41, 5.74) is 5.24. The topological polar surface area (TPSA) is 66.5 Å². The van der Waals surface area contributed by atoms with Crippen molar-refractivity contribution >= 4 is 27.3 Å². The molecule has 1 N–H and O–H groups in total. The van der Waals surface area contributed by atoms with Crippen LogP contribution < -0.4 is 9.62 Å². The summed E-state index contributed by atoms with van der Waals surface area (Å²) in [6, 6.07) is 17.8. The van der Waals surface area contributed by atoms with E-state index in [-0.39, 0.29) is 10.8 Å². The molecule has 0 aliphatic carbocycles. The Morgan fingerprint density at radius 2 is 1.57 bits per heavy atom. The van der Waals surface area contributed by atoms with Crippen molar-refractivity contribution in [3.8, 4) is 11.1 Å². The van der Waals surface area contributed by atoms with Crippen LogP contribution in [0.5, 0.6) is 0 Å². The molecule has 142 valence electrons. The van der Waals surface area contributed by atoms with E-state index >= 15 is 0 Å². The van der Waals surface area contributed by atoms with Gasteiger partial charge in [0.1, 0.15) is 0 Å². The highest BCUT2D eigenvalue weighted by atomic mass is 32.2. The lowest BCUT2D eigenvalue weighted by atomic mass is 10.00. The van der Waals surface area contributed by atoms with E-state index in [1.54, 1.807) is 42.5 Å². The van der Waals surface area contributed by atoms with Gasteiger partial charge in [-0.05, 0) is 61.4 Å². The van der Waals surface area contributed by atoms with E-state index in [0.717, 1.165) is 22.4 Å². The second kappa shape index (κ2) is 6.49. The smallest absolute Gasteiger partial charge is 0.264 e. The first-order chi connectivity index (χ1) is 13.3. The van der Waals surface area contributed by atoms with Gasteiger partial charge in [-0.25, -0.2) is 8.42 Å². The molecule has 0 saturated heterocycles. The van der Waals surface area contributed by atoms with Gasteiger partial charge in [0.2, 0.25) is 0 Å². The zero-order valence-electron chi connectivity index (χ0n) is 15.9. The molecule has 3 aromatic rings. The minimum absolute atomic E-state index is 0.235. The largest absolute Gasteiger partial charge is 0.322 e. The Hall–Kier alpha value is -3.12. The molecule has 0 spiro atoms. The molecule has 1 amide bonds. The summed E-state index contributed by atoms with van der Waals surface area (Å²) in [5, 5.41) is 2.93. The number of aryl methyl sites for hydroxylation is 2. The van der Waals surface area contributed by atoms with Gasteiger partial charge in [0, 0.05) is 29.4 Å². The number of rotatable bonds is 2. The average molecular weight is 392 g/mol. The highest BCUT2D eigenvalue weighted by Crippen LogP contribution is 2.42. The zero-order chi connectivity index (χ0) is 20.1. The Labute approximate surface area is 164 Å². The van der Waals surface area contributed by atoms with Gasteiger partial charge in [-0.2, -0.15) is 0 Å². The summed E-state index contributed by atoms with van der Waals surface area (Å²) in [5.74, 6) is -0.235. The van der Waals surface area contributed by atoms with Crippen molar-refractivity contribution in [1.29, 1.82) is 0 Å². The summed E-state index contributed by atoms with van der Waals surface area (Å²) in [6.07, 6.45) is 0. The van der Waals surface area contributed by atoms with Gasteiger partial charge in [-0.1, -0.05) is 24.3 Å². The average Bonchev–Trinajstić information content (AvgIpc) is 2.65. The monoisotopic (exact) mass is 392 g/mol. The zero-order valence-corrected chi connectivity index (χ0v) is 16.7. The predicted octanol–water partition coefficient (Wildman–Crippen LogP) is 4.36. The molecule has 1 aliphatic heterocycles. The highest BCUT2D eigenvalue weighted by molar-refractivity contribution is 7.93. The first-order valence-corrected chi connectivity index (χ1v) is 10.3. The maximum atomic E-state index is 12.8. The number of benzene rings is 3. The Kier molecular flexibility index (Phi) is 4.23. The van der Waals surface area contributed by atoms with Crippen molar-refractivity contribution in [3.05, 3.63) is 77.4 Å². The lowest BCUT2D eigenvalue weighted by Gasteiger charge is -2.29. The van der Waals surface area contributed by atoms with Crippen LogP contribution in [0.25, 0.3) is 11.1 Å². The fourth-order valence-electron chi connectivity index (χ4n) is 3.61. The molecule has 28 heavy (non-hydrogen) atoms. The number of carbonyl (C=O) groups is 1. The summed E-state index contributed by atoms with van der Waals surface area (Å²) < 4.78 is 26.7. The van der Waals surface area contributed by atoms with Crippen LogP contribution in [0, 0.1) is 13.8 Å². The van der Waals surface area contributed by atoms with E-state index in [1.165, 1.54) is 11.4 Å². The van der Waals surface area contributed by atoms with Crippen LogP contribution >= 0.6 is 0 Å². The van der Waals surface area contributed by atoms with Crippen molar-refractivity contribution in [1.82, 2.24) is 0 Å². The second-order valence-corrected chi connectivity index (χ2v) is 8.97. The number of sulfonamides is 1. The molecule has 0 atom stereocenters. The first-order valence-electron chi connectivity index (χ1n) is 8.89. The SMILES string of the molecule is Cc1cc(C)cc(NC(=O)c2ccc3c(c2)-c2ccccc2S(=O)(=O)N3C)c1. The number of carbonyl (C=O) groups excluding carboxylic acids is 1. The molecule has 5 nitrogen and oxygen atoms in total. The summed E-state index contributed by atoms with van der Waals surface area (Å²) in [6.45, 7) is 3.96. The van der Waals surface area contributed by atoms with Crippen LogP contribution in [0.4, 0.5) is 11.4 Å². The Balaban J connectivity index is 1.76. The summed E-state index contributed by atoms with van der Waals surface area (Å²) in [7, 11) is -2.07. The maximum absolute atomic E-state index is 12.8. The molecule has 1 heterocycles.